The molecule has 20 heteroatoms. The maximum Gasteiger partial charge on any atom is 0.295 e. The molecule has 0 saturated heterocycles. The fraction of sp³-hybridized carbons (Fsp3) is 0.239. The lowest BCUT2D eigenvalue weighted by Crippen LogP contribution is -2.21. The minimum Gasteiger partial charge on any atom is -0.372 e. The monoisotopic (exact) mass is 947 g/mol. The third-order valence-electron chi connectivity index (χ3n) is 10.6. The molecule has 4 N–H and O–H groups in total. The molecule has 342 valence electrons. The van der Waals surface area contributed by atoms with E-state index in [0.717, 1.165) is 49.7 Å². The van der Waals surface area contributed by atoms with Gasteiger partial charge in [-0.3, -0.25) is 9.11 Å². The van der Waals surface area contributed by atoms with Crippen molar-refractivity contribution in [3.63, 3.8) is 0 Å². The Morgan fingerprint density at radius 2 is 0.894 bits per heavy atom. The lowest BCUT2D eigenvalue weighted by Gasteiger charge is -2.22. The van der Waals surface area contributed by atoms with Gasteiger partial charge in [-0.2, -0.15) is 31.8 Å². The summed E-state index contributed by atoms with van der Waals surface area (Å²) in [7, 11) is -8.99. The van der Waals surface area contributed by atoms with Gasteiger partial charge in [-0.25, -0.2) is 0 Å². The molecule has 0 unspecified atom stereocenters. The highest BCUT2D eigenvalue weighted by Gasteiger charge is 2.19. The molecule has 17 nitrogen and oxygen atoms in total. The smallest absolute Gasteiger partial charge is 0.295 e. The van der Waals surface area contributed by atoms with Gasteiger partial charge in [-0.15, -0.1) is 20.5 Å². The second kappa shape index (κ2) is 20.7. The van der Waals surface area contributed by atoms with Crippen molar-refractivity contribution in [2.45, 2.75) is 56.0 Å². The Balaban J connectivity index is 1.30. The molecule has 0 aliphatic heterocycles. The number of azo groups is 2. The molecule has 66 heavy (non-hydrogen) atoms. The van der Waals surface area contributed by atoms with Crippen LogP contribution in [-0.4, -0.2) is 72.8 Å². The maximum atomic E-state index is 12.2. The zero-order valence-electron chi connectivity index (χ0n) is 36.9. The van der Waals surface area contributed by atoms with Gasteiger partial charge >= 0.3 is 0 Å². The van der Waals surface area contributed by atoms with Crippen LogP contribution in [-0.2, 0) is 20.2 Å². The summed E-state index contributed by atoms with van der Waals surface area (Å²) in [6.45, 7) is 13.3. The summed E-state index contributed by atoms with van der Waals surface area (Å²) in [5, 5.41) is 27.2. The SMILES string of the molecule is CCCSc1nc(Nc2cc(N(CC)CC)ccc2N=Nc2ccc(S(=O)(=O)O)c3ccccc23)nc(Nc2cc(N(CC)CC)ccc2N=Nc2ccc(S(=O)(=O)O)c3ccccc23)n1. The van der Waals surface area contributed by atoms with Crippen molar-refractivity contribution in [2.75, 3.05) is 52.4 Å². The number of thioether (sulfide) groups is 1. The molecule has 7 aromatic rings. The molecule has 7 rings (SSSR count). The highest BCUT2D eigenvalue weighted by molar-refractivity contribution is 7.99. The molecule has 0 aliphatic rings. The summed E-state index contributed by atoms with van der Waals surface area (Å²) in [5.41, 5.74) is 4.58. The fourth-order valence-corrected chi connectivity index (χ4v) is 9.39. The van der Waals surface area contributed by atoms with Crippen molar-refractivity contribution >= 4 is 111 Å². The highest BCUT2D eigenvalue weighted by atomic mass is 32.2. The topological polar surface area (TPSA) is 227 Å². The summed E-state index contributed by atoms with van der Waals surface area (Å²) < 4.78 is 68.5. The molecular formula is C46H49N11O6S3. The summed E-state index contributed by atoms with van der Waals surface area (Å²) in [6, 6.07) is 30.5. The fourth-order valence-electron chi connectivity index (χ4n) is 7.31. The number of nitrogens with zero attached hydrogens (tertiary/aromatic N) is 9. The number of anilines is 6. The average molecular weight is 948 g/mol. The summed E-state index contributed by atoms with van der Waals surface area (Å²) in [4.78, 5) is 18.3. The van der Waals surface area contributed by atoms with Gasteiger partial charge in [0.05, 0.1) is 22.7 Å². The van der Waals surface area contributed by atoms with Crippen molar-refractivity contribution in [1.29, 1.82) is 0 Å². The minimum absolute atomic E-state index is 0.218. The van der Waals surface area contributed by atoms with Crippen LogP contribution in [0.2, 0.25) is 0 Å². The van der Waals surface area contributed by atoms with Crippen LogP contribution in [0.1, 0.15) is 41.0 Å². The van der Waals surface area contributed by atoms with Crippen LogP contribution >= 0.6 is 11.8 Å². The molecule has 0 radical (unpaired) electrons. The van der Waals surface area contributed by atoms with Gasteiger partial charge in [0.1, 0.15) is 21.2 Å². The minimum atomic E-state index is -4.49. The van der Waals surface area contributed by atoms with E-state index in [4.69, 9.17) is 15.0 Å². The van der Waals surface area contributed by atoms with Gasteiger partial charge in [0, 0.05) is 64.9 Å². The number of benzene rings is 6. The largest absolute Gasteiger partial charge is 0.372 e. The second-order valence-corrected chi connectivity index (χ2v) is 18.6. The number of hydrogen-bond donors (Lipinski definition) is 4. The van der Waals surface area contributed by atoms with Gasteiger partial charge in [-0.1, -0.05) is 67.2 Å². The summed E-state index contributed by atoms with van der Waals surface area (Å²) >= 11 is 1.47. The van der Waals surface area contributed by atoms with E-state index in [9.17, 15) is 25.9 Å². The Labute approximate surface area is 388 Å². The predicted octanol–water partition coefficient (Wildman–Crippen LogP) is 12.2. The molecule has 0 aliphatic carbocycles. The maximum absolute atomic E-state index is 12.2. The van der Waals surface area contributed by atoms with Gasteiger partial charge < -0.3 is 20.4 Å². The number of aromatic nitrogens is 3. The first-order chi connectivity index (χ1) is 31.7. The number of fused-ring (bicyclic) bond motifs is 2. The summed E-state index contributed by atoms with van der Waals surface area (Å²) in [6.07, 6.45) is 0.870. The van der Waals surface area contributed by atoms with E-state index in [1.54, 1.807) is 48.5 Å². The third kappa shape index (κ3) is 10.9. The Bertz CT molecular complexity index is 2980. The van der Waals surface area contributed by atoms with E-state index in [-0.39, 0.29) is 21.7 Å². The van der Waals surface area contributed by atoms with Gasteiger partial charge in [0.15, 0.2) is 5.16 Å². The van der Waals surface area contributed by atoms with Crippen LogP contribution in [0.15, 0.2) is 145 Å². The number of hydrogen-bond acceptors (Lipinski definition) is 16. The number of nitrogens with one attached hydrogen (secondary N) is 2. The van der Waals surface area contributed by atoms with Gasteiger partial charge in [-0.05, 0) is 94.8 Å². The molecule has 0 fully saturated rings. The molecular weight excluding hydrogens is 899 g/mol. The van der Waals surface area contributed by atoms with Crippen LogP contribution in [0, 0.1) is 0 Å². The van der Waals surface area contributed by atoms with E-state index in [0.29, 0.717) is 60.8 Å². The van der Waals surface area contributed by atoms with Crippen LogP contribution in [0.3, 0.4) is 0 Å². The zero-order valence-corrected chi connectivity index (χ0v) is 39.4. The van der Waals surface area contributed by atoms with E-state index in [2.05, 4.69) is 75.5 Å². The molecule has 0 atom stereocenters. The van der Waals surface area contributed by atoms with Crippen molar-refractivity contribution in [2.24, 2.45) is 20.5 Å². The Morgan fingerprint density at radius 3 is 1.27 bits per heavy atom. The molecule has 1 heterocycles. The molecule has 1 aromatic heterocycles. The van der Waals surface area contributed by atoms with Crippen LogP contribution < -0.4 is 20.4 Å². The Hall–Kier alpha value is -6.58. The van der Waals surface area contributed by atoms with Crippen LogP contribution in [0.5, 0.6) is 0 Å². The highest BCUT2D eigenvalue weighted by Crippen LogP contribution is 2.39. The predicted molar refractivity (Wildman–Crippen MR) is 263 cm³/mol. The summed E-state index contributed by atoms with van der Waals surface area (Å²) in [5.74, 6) is 1.18. The van der Waals surface area contributed by atoms with Gasteiger partial charge in [0.25, 0.3) is 20.2 Å². The van der Waals surface area contributed by atoms with Crippen LogP contribution in [0.25, 0.3) is 21.5 Å². The molecule has 0 spiro atoms. The first-order valence-electron chi connectivity index (χ1n) is 21.3. The quantitative estimate of drug-likeness (QED) is 0.0336. The second-order valence-electron chi connectivity index (χ2n) is 14.7. The van der Waals surface area contributed by atoms with Crippen molar-refractivity contribution < 1.29 is 25.9 Å². The molecule has 0 saturated carbocycles. The number of rotatable bonds is 19. The van der Waals surface area contributed by atoms with E-state index < -0.39 is 20.2 Å². The van der Waals surface area contributed by atoms with E-state index in [1.165, 1.54) is 36.0 Å². The normalized spacial score (nSPS) is 12.1. The van der Waals surface area contributed by atoms with Crippen molar-refractivity contribution in [3.05, 3.63) is 109 Å². The first kappa shape index (κ1) is 47.4. The Morgan fingerprint density at radius 1 is 0.515 bits per heavy atom. The Kier molecular flexibility index (Phi) is 14.9. The van der Waals surface area contributed by atoms with Crippen LogP contribution in [0.4, 0.5) is 57.4 Å². The lowest BCUT2D eigenvalue weighted by molar-refractivity contribution is 0.482. The first-order valence-corrected chi connectivity index (χ1v) is 25.1. The van der Waals surface area contributed by atoms with Crippen molar-refractivity contribution in [1.82, 2.24) is 15.0 Å². The van der Waals surface area contributed by atoms with E-state index in [1.807, 2.05) is 36.4 Å². The molecule has 0 bridgehead atoms. The lowest BCUT2D eigenvalue weighted by atomic mass is 10.1. The molecule has 6 aromatic carbocycles. The third-order valence-corrected chi connectivity index (χ3v) is 13.4. The van der Waals surface area contributed by atoms with Gasteiger partial charge in [0.2, 0.25) is 11.9 Å². The van der Waals surface area contributed by atoms with Crippen molar-refractivity contribution in [3.8, 4) is 0 Å². The van der Waals surface area contributed by atoms with E-state index >= 15 is 0 Å². The molecule has 0 amide bonds. The average Bonchev–Trinajstić information content (AvgIpc) is 3.30. The zero-order chi connectivity index (χ0) is 47.0. The standard InChI is InChI=1S/C46H49N11O6S3/c1-6-27-64-46-50-44(47-40-28-30(56(7-2)8-3)19-21-38(40)54-52-36-23-25-42(65(58,59)60)34-17-13-11-15-32(34)36)49-45(51-46)48-41-29-31(57(9-4)10-5)20-22-39(41)55-53-37-24-26-43(66(61,62)63)35-18-14-12-16-33(35)37/h11-26,28-29H,6-10,27H2,1-5H3,(H,58,59,60)(H,61,62,63)(H2,47,48,49,50,51).